The van der Waals surface area contributed by atoms with Crippen LogP contribution in [-0.2, 0) is 22.3 Å². The predicted octanol–water partition coefficient (Wildman–Crippen LogP) is 2.55. The SMILES string of the molecule is CC1(C)CN(Cc2cccc(C(F)(F)F)n2)CC(CC(=O)O)O1. The Morgan fingerprint density at radius 1 is 1.48 bits per heavy atom. The van der Waals surface area contributed by atoms with Gasteiger partial charge in [-0.15, -0.1) is 0 Å². The van der Waals surface area contributed by atoms with Crippen LogP contribution in [0.25, 0.3) is 0 Å². The minimum atomic E-state index is -4.48. The second kappa shape index (κ2) is 6.45. The largest absolute Gasteiger partial charge is 0.481 e. The van der Waals surface area contributed by atoms with E-state index in [0.717, 1.165) is 6.07 Å². The maximum Gasteiger partial charge on any atom is 0.433 e. The van der Waals surface area contributed by atoms with Gasteiger partial charge < -0.3 is 9.84 Å². The van der Waals surface area contributed by atoms with Crippen molar-refractivity contribution in [2.24, 2.45) is 0 Å². The number of alkyl halides is 3. The predicted molar refractivity (Wildman–Crippen MR) is 75.7 cm³/mol. The fourth-order valence-corrected chi connectivity index (χ4v) is 2.79. The van der Waals surface area contributed by atoms with Gasteiger partial charge >= 0.3 is 12.1 Å². The Kier molecular flexibility index (Phi) is 4.95. The number of pyridine rings is 1. The van der Waals surface area contributed by atoms with Gasteiger partial charge in [0.25, 0.3) is 0 Å². The number of halogens is 3. The van der Waals surface area contributed by atoms with Crippen molar-refractivity contribution in [1.82, 2.24) is 9.88 Å². The van der Waals surface area contributed by atoms with Crippen LogP contribution >= 0.6 is 0 Å². The summed E-state index contributed by atoms with van der Waals surface area (Å²) in [5.41, 5.74) is -1.20. The zero-order valence-electron chi connectivity index (χ0n) is 12.9. The summed E-state index contributed by atoms with van der Waals surface area (Å²) in [5.74, 6) is -0.968. The lowest BCUT2D eigenvalue weighted by Gasteiger charge is -2.42. The third kappa shape index (κ3) is 5.18. The first-order chi connectivity index (χ1) is 10.5. The quantitative estimate of drug-likeness (QED) is 0.918. The number of nitrogens with zero attached hydrogens (tertiary/aromatic N) is 2. The van der Waals surface area contributed by atoms with Crippen LogP contribution in [0.4, 0.5) is 13.2 Å². The number of hydrogen-bond donors (Lipinski definition) is 1. The van der Waals surface area contributed by atoms with E-state index in [1.54, 1.807) is 0 Å². The maximum atomic E-state index is 12.7. The van der Waals surface area contributed by atoms with Crippen molar-refractivity contribution in [3.05, 3.63) is 29.6 Å². The Hall–Kier alpha value is -1.67. The molecular weight excluding hydrogens is 313 g/mol. The summed E-state index contributed by atoms with van der Waals surface area (Å²) in [4.78, 5) is 16.4. The van der Waals surface area contributed by atoms with E-state index in [1.807, 2.05) is 18.7 Å². The van der Waals surface area contributed by atoms with E-state index in [2.05, 4.69) is 4.98 Å². The minimum Gasteiger partial charge on any atom is -0.481 e. The second-order valence-corrected chi connectivity index (χ2v) is 6.28. The van der Waals surface area contributed by atoms with Crippen molar-refractivity contribution in [1.29, 1.82) is 0 Å². The second-order valence-electron chi connectivity index (χ2n) is 6.28. The molecule has 8 heteroatoms. The maximum absolute atomic E-state index is 12.7. The van der Waals surface area contributed by atoms with Crippen molar-refractivity contribution < 1.29 is 27.8 Å². The van der Waals surface area contributed by atoms with Gasteiger partial charge in [0, 0.05) is 19.6 Å². The van der Waals surface area contributed by atoms with Gasteiger partial charge in [0.1, 0.15) is 5.69 Å². The van der Waals surface area contributed by atoms with E-state index >= 15 is 0 Å². The third-order valence-electron chi connectivity index (χ3n) is 3.44. The molecule has 0 amide bonds. The molecule has 1 aliphatic heterocycles. The highest BCUT2D eigenvalue weighted by Crippen LogP contribution is 2.28. The van der Waals surface area contributed by atoms with Crippen LogP contribution in [0.15, 0.2) is 18.2 Å². The lowest BCUT2D eigenvalue weighted by atomic mass is 10.0. The van der Waals surface area contributed by atoms with Crippen molar-refractivity contribution in [3.63, 3.8) is 0 Å². The molecule has 0 radical (unpaired) electrons. The first kappa shape index (κ1) is 17.7. The van der Waals surface area contributed by atoms with Crippen LogP contribution in [0.2, 0.25) is 0 Å². The average molecular weight is 332 g/mol. The standard InChI is InChI=1S/C15H19F3N2O3/c1-14(2)9-20(8-11(23-14)6-13(21)22)7-10-4-3-5-12(19-10)15(16,17)18/h3-5,11H,6-9H2,1-2H3,(H,21,22). The molecule has 0 spiro atoms. The Bertz CT molecular complexity index is 575. The molecule has 128 valence electrons. The van der Waals surface area contributed by atoms with Gasteiger partial charge in [0.15, 0.2) is 0 Å². The highest BCUT2D eigenvalue weighted by molar-refractivity contribution is 5.67. The molecule has 1 fully saturated rings. The number of aromatic nitrogens is 1. The van der Waals surface area contributed by atoms with Crippen LogP contribution < -0.4 is 0 Å². The molecule has 23 heavy (non-hydrogen) atoms. The molecule has 2 rings (SSSR count). The molecule has 1 aliphatic rings. The zero-order chi connectivity index (χ0) is 17.3. The summed E-state index contributed by atoms with van der Waals surface area (Å²) >= 11 is 0. The number of ether oxygens (including phenoxy) is 1. The Labute approximate surface area is 132 Å². The number of hydrogen-bond acceptors (Lipinski definition) is 4. The summed E-state index contributed by atoms with van der Waals surface area (Å²) in [7, 11) is 0. The van der Waals surface area contributed by atoms with Gasteiger partial charge in [-0.2, -0.15) is 13.2 Å². The number of carboxylic acid groups (broad SMARTS) is 1. The van der Waals surface area contributed by atoms with Crippen LogP contribution in [0, 0.1) is 0 Å². The van der Waals surface area contributed by atoms with E-state index < -0.39 is 29.5 Å². The fraction of sp³-hybridized carbons (Fsp3) is 0.600. The van der Waals surface area contributed by atoms with Crippen LogP contribution in [0.3, 0.4) is 0 Å². The van der Waals surface area contributed by atoms with Gasteiger partial charge in [-0.05, 0) is 26.0 Å². The first-order valence-corrected chi connectivity index (χ1v) is 7.20. The summed E-state index contributed by atoms with van der Waals surface area (Å²) in [6, 6.07) is 3.79. The topological polar surface area (TPSA) is 62.7 Å². The summed E-state index contributed by atoms with van der Waals surface area (Å²) < 4.78 is 43.8. The van der Waals surface area contributed by atoms with Crippen LogP contribution in [0.1, 0.15) is 31.7 Å². The summed E-state index contributed by atoms with van der Waals surface area (Å²) in [5, 5.41) is 8.90. The van der Waals surface area contributed by atoms with Crippen molar-refractivity contribution in [3.8, 4) is 0 Å². The molecule has 0 aliphatic carbocycles. The molecular formula is C15H19F3N2O3. The lowest BCUT2D eigenvalue weighted by Crippen LogP contribution is -2.52. The summed E-state index contributed by atoms with van der Waals surface area (Å²) in [6.07, 6.45) is -5.12. The van der Waals surface area contributed by atoms with Gasteiger partial charge in [-0.1, -0.05) is 6.07 Å². The Morgan fingerprint density at radius 2 is 2.17 bits per heavy atom. The molecule has 2 heterocycles. The van der Waals surface area contributed by atoms with E-state index in [4.69, 9.17) is 9.84 Å². The number of aliphatic carboxylic acids is 1. The van der Waals surface area contributed by atoms with Crippen molar-refractivity contribution in [2.75, 3.05) is 13.1 Å². The van der Waals surface area contributed by atoms with Crippen molar-refractivity contribution >= 4 is 5.97 Å². The first-order valence-electron chi connectivity index (χ1n) is 7.20. The van der Waals surface area contributed by atoms with E-state index in [9.17, 15) is 18.0 Å². The fourth-order valence-electron chi connectivity index (χ4n) is 2.79. The lowest BCUT2D eigenvalue weighted by molar-refractivity contribution is -0.159. The molecule has 1 aromatic rings. The van der Waals surface area contributed by atoms with Crippen molar-refractivity contribution in [2.45, 2.75) is 44.7 Å². The smallest absolute Gasteiger partial charge is 0.433 e. The molecule has 1 aromatic heterocycles. The number of carbonyl (C=O) groups is 1. The Balaban J connectivity index is 2.10. The number of morpholine rings is 1. The summed E-state index contributed by atoms with van der Waals surface area (Å²) in [6.45, 7) is 4.70. The van der Waals surface area contributed by atoms with Gasteiger partial charge in [0.05, 0.1) is 23.8 Å². The highest BCUT2D eigenvalue weighted by atomic mass is 19.4. The average Bonchev–Trinajstić information content (AvgIpc) is 2.34. The van der Waals surface area contributed by atoms with E-state index in [-0.39, 0.29) is 13.0 Å². The molecule has 1 N–H and O–H groups in total. The molecule has 1 saturated heterocycles. The molecule has 5 nitrogen and oxygen atoms in total. The zero-order valence-corrected chi connectivity index (χ0v) is 12.9. The number of carboxylic acids is 1. The molecule has 0 saturated carbocycles. The minimum absolute atomic E-state index is 0.143. The Morgan fingerprint density at radius 3 is 2.78 bits per heavy atom. The van der Waals surface area contributed by atoms with Gasteiger partial charge in [0.2, 0.25) is 0 Å². The van der Waals surface area contributed by atoms with Crippen LogP contribution in [-0.4, -0.2) is 45.8 Å². The van der Waals surface area contributed by atoms with Gasteiger partial charge in [-0.3, -0.25) is 9.69 Å². The molecule has 0 bridgehead atoms. The van der Waals surface area contributed by atoms with Crippen LogP contribution in [0.5, 0.6) is 0 Å². The molecule has 1 unspecified atom stereocenters. The third-order valence-corrected chi connectivity index (χ3v) is 3.44. The highest BCUT2D eigenvalue weighted by Gasteiger charge is 2.35. The normalized spacial score (nSPS) is 22.0. The number of rotatable bonds is 4. The molecule has 1 atom stereocenters. The monoisotopic (exact) mass is 332 g/mol. The van der Waals surface area contributed by atoms with E-state index in [0.29, 0.717) is 18.8 Å². The van der Waals surface area contributed by atoms with E-state index in [1.165, 1.54) is 12.1 Å². The molecule has 0 aromatic carbocycles. The van der Waals surface area contributed by atoms with Gasteiger partial charge in [-0.25, -0.2) is 4.98 Å².